The molecule has 7 heteroatoms. The molecule has 0 radical (unpaired) electrons. The highest BCUT2D eigenvalue weighted by atomic mass is 127. The largest absolute Gasteiger partial charge is 0.491 e. The Morgan fingerprint density at radius 3 is 2.28 bits per heavy atom. The Kier molecular flexibility index (Phi) is 10.1. The van der Waals surface area contributed by atoms with E-state index < -0.39 is 0 Å². The van der Waals surface area contributed by atoms with Crippen LogP contribution in [0.5, 0.6) is 5.75 Å². The molecule has 0 unspecified atom stereocenters. The number of aliphatic imine (C=N–C) groups is 1. The summed E-state index contributed by atoms with van der Waals surface area (Å²) in [6.07, 6.45) is 0. The Hall–Kier alpha value is -2.00. The fourth-order valence-electron chi connectivity index (χ4n) is 3.28. The Labute approximate surface area is 190 Å². The molecule has 1 fully saturated rings. The summed E-state index contributed by atoms with van der Waals surface area (Å²) < 4.78 is 10.6. The van der Waals surface area contributed by atoms with Gasteiger partial charge >= 0.3 is 0 Å². The number of halogens is 1. The third kappa shape index (κ3) is 7.08. The van der Waals surface area contributed by atoms with Crippen LogP contribution < -0.4 is 15.0 Å². The van der Waals surface area contributed by atoms with Crippen molar-refractivity contribution in [1.29, 1.82) is 0 Å². The molecule has 0 bridgehead atoms. The van der Waals surface area contributed by atoms with Gasteiger partial charge in [-0.3, -0.25) is 4.99 Å². The second-order valence-corrected chi connectivity index (χ2v) is 6.70. The zero-order valence-electron chi connectivity index (χ0n) is 17.2. The van der Waals surface area contributed by atoms with Crippen molar-refractivity contribution in [2.24, 2.45) is 4.99 Å². The number of piperazine rings is 1. The number of anilines is 1. The third-order valence-electron chi connectivity index (χ3n) is 4.84. The summed E-state index contributed by atoms with van der Waals surface area (Å²) >= 11 is 0. The second-order valence-electron chi connectivity index (χ2n) is 6.70. The Morgan fingerprint density at radius 1 is 0.966 bits per heavy atom. The zero-order valence-corrected chi connectivity index (χ0v) is 19.5. The quantitative estimate of drug-likeness (QED) is 0.268. The number of hydrogen-bond acceptors (Lipinski definition) is 4. The van der Waals surface area contributed by atoms with E-state index in [1.54, 1.807) is 7.11 Å². The smallest absolute Gasteiger partial charge is 0.194 e. The van der Waals surface area contributed by atoms with Crippen molar-refractivity contribution in [3.05, 3.63) is 60.2 Å². The lowest BCUT2D eigenvalue weighted by Crippen LogP contribution is -2.52. The van der Waals surface area contributed by atoms with E-state index in [1.807, 2.05) is 19.2 Å². The van der Waals surface area contributed by atoms with Crippen LogP contribution in [-0.2, 0) is 11.3 Å². The summed E-state index contributed by atoms with van der Waals surface area (Å²) in [5.74, 6) is 1.82. The van der Waals surface area contributed by atoms with E-state index in [-0.39, 0.29) is 24.0 Å². The maximum atomic E-state index is 5.61. The molecule has 1 heterocycles. The minimum Gasteiger partial charge on any atom is -0.491 e. The average molecular weight is 510 g/mol. The normalized spacial score (nSPS) is 14.3. The van der Waals surface area contributed by atoms with Crippen molar-refractivity contribution in [3.8, 4) is 5.75 Å². The molecule has 2 aromatic rings. The highest BCUT2D eigenvalue weighted by Crippen LogP contribution is 2.16. The predicted molar refractivity (Wildman–Crippen MR) is 130 cm³/mol. The van der Waals surface area contributed by atoms with Crippen LogP contribution in [0.1, 0.15) is 5.56 Å². The van der Waals surface area contributed by atoms with Crippen molar-refractivity contribution in [2.45, 2.75) is 6.54 Å². The first kappa shape index (κ1) is 23.3. The maximum absolute atomic E-state index is 5.61. The van der Waals surface area contributed by atoms with E-state index in [9.17, 15) is 0 Å². The van der Waals surface area contributed by atoms with Crippen LogP contribution in [0.25, 0.3) is 0 Å². The van der Waals surface area contributed by atoms with Crippen LogP contribution in [-0.4, -0.2) is 64.4 Å². The molecule has 29 heavy (non-hydrogen) atoms. The molecule has 1 N–H and O–H groups in total. The predicted octanol–water partition coefficient (Wildman–Crippen LogP) is 3.23. The molecule has 0 saturated carbocycles. The molecular weight excluding hydrogens is 479 g/mol. The Balaban J connectivity index is 0.00000300. The summed E-state index contributed by atoms with van der Waals surface area (Å²) in [5, 5.41) is 3.48. The lowest BCUT2D eigenvalue weighted by Gasteiger charge is -2.37. The van der Waals surface area contributed by atoms with Gasteiger partial charge in [0.1, 0.15) is 12.4 Å². The van der Waals surface area contributed by atoms with E-state index in [0.717, 1.165) is 44.4 Å². The fourth-order valence-corrected chi connectivity index (χ4v) is 3.28. The fraction of sp³-hybridized carbons (Fsp3) is 0.409. The average Bonchev–Trinajstić information content (AvgIpc) is 2.76. The number of nitrogens with zero attached hydrogens (tertiary/aromatic N) is 3. The highest BCUT2D eigenvalue weighted by Gasteiger charge is 2.19. The van der Waals surface area contributed by atoms with Gasteiger partial charge in [-0.1, -0.05) is 30.3 Å². The lowest BCUT2D eigenvalue weighted by atomic mass is 10.2. The van der Waals surface area contributed by atoms with Crippen LogP contribution in [0.3, 0.4) is 0 Å². The first-order valence-electron chi connectivity index (χ1n) is 9.76. The minimum atomic E-state index is 0. The molecule has 0 atom stereocenters. The van der Waals surface area contributed by atoms with E-state index in [2.05, 4.69) is 62.6 Å². The number of ether oxygens (including phenoxy) is 2. The number of guanidine groups is 1. The van der Waals surface area contributed by atoms with Gasteiger partial charge in [0.05, 0.1) is 6.61 Å². The van der Waals surface area contributed by atoms with Crippen molar-refractivity contribution >= 4 is 35.6 Å². The van der Waals surface area contributed by atoms with E-state index in [0.29, 0.717) is 13.2 Å². The first-order chi connectivity index (χ1) is 13.8. The van der Waals surface area contributed by atoms with Gasteiger partial charge in [0.25, 0.3) is 0 Å². The molecule has 0 spiro atoms. The summed E-state index contributed by atoms with van der Waals surface area (Å²) in [4.78, 5) is 9.21. The van der Waals surface area contributed by atoms with Crippen molar-refractivity contribution in [2.75, 3.05) is 58.5 Å². The van der Waals surface area contributed by atoms with Crippen LogP contribution in [0.4, 0.5) is 5.69 Å². The minimum absolute atomic E-state index is 0. The number of hydrogen-bond donors (Lipinski definition) is 1. The number of benzene rings is 2. The van der Waals surface area contributed by atoms with Crippen molar-refractivity contribution < 1.29 is 9.47 Å². The van der Waals surface area contributed by atoms with Gasteiger partial charge in [-0.15, -0.1) is 24.0 Å². The molecule has 0 amide bonds. The number of methoxy groups -OCH3 is 1. The standard InChI is InChI=1S/C22H30N4O2.HI/c1-23-22(24-18-19-8-10-21(11-9-19)28-17-16-27-2)26-14-12-25(13-15-26)20-6-4-3-5-7-20;/h3-11H,12-18H2,1-2H3,(H,23,24);1H. The molecule has 2 aromatic carbocycles. The van der Waals surface area contributed by atoms with Crippen molar-refractivity contribution in [3.63, 3.8) is 0 Å². The van der Waals surface area contributed by atoms with Gasteiger partial charge in [0, 0.05) is 52.6 Å². The zero-order chi connectivity index (χ0) is 19.6. The molecule has 3 rings (SSSR count). The molecular formula is C22H31IN4O2. The topological polar surface area (TPSA) is 49.3 Å². The maximum Gasteiger partial charge on any atom is 0.194 e. The molecule has 158 valence electrons. The van der Waals surface area contributed by atoms with Gasteiger partial charge in [-0.25, -0.2) is 0 Å². The summed E-state index contributed by atoms with van der Waals surface area (Å²) in [6.45, 7) is 5.81. The van der Waals surface area contributed by atoms with E-state index >= 15 is 0 Å². The van der Waals surface area contributed by atoms with Crippen molar-refractivity contribution in [1.82, 2.24) is 10.2 Å². The monoisotopic (exact) mass is 510 g/mol. The summed E-state index contributed by atoms with van der Waals surface area (Å²) in [7, 11) is 3.52. The third-order valence-corrected chi connectivity index (χ3v) is 4.84. The van der Waals surface area contributed by atoms with Gasteiger partial charge in [0.2, 0.25) is 0 Å². The van der Waals surface area contributed by atoms with Gasteiger partial charge < -0.3 is 24.6 Å². The number of rotatable bonds is 7. The molecule has 1 aliphatic rings. The Bertz CT molecular complexity index is 732. The SMILES string of the molecule is CN=C(NCc1ccc(OCCOC)cc1)N1CCN(c2ccccc2)CC1.I. The van der Waals surface area contributed by atoms with Gasteiger partial charge in [0.15, 0.2) is 5.96 Å². The van der Waals surface area contributed by atoms with Gasteiger partial charge in [-0.2, -0.15) is 0 Å². The van der Waals surface area contributed by atoms with E-state index in [1.165, 1.54) is 11.3 Å². The first-order valence-corrected chi connectivity index (χ1v) is 9.76. The Morgan fingerprint density at radius 2 is 1.66 bits per heavy atom. The van der Waals surface area contributed by atoms with Gasteiger partial charge in [-0.05, 0) is 29.8 Å². The van der Waals surface area contributed by atoms with Crippen LogP contribution in [0, 0.1) is 0 Å². The molecule has 1 aliphatic heterocycles. The van der Waals surface area contributed by atoms with Crippen LogP contribution in [0.2, 0.25) is 0 Å². The molecule has 6 nitrogen and oxygen atoms in total. The number of para-hydroxylation sites is 1. The number of nitrogens with one attached hydrogen (secondary N) is 1. The second kappa shape index (κ2) is 12.5. The van der Waals surface area contributed by atoms with E-state index in [4.69, 9.17) is 9.47 Å². The summed E-state index contributed by atoms with van der Waals surface area (Å²) in [5.41, 5.74) is 2.49. The molecule has 0 aromatic heterocycles. The highest BCUT2D eigenvalue weighted by molar-refractivity contribution is 14.0. The lowest BCUT2D eigenvalue weighted by molar-refractivity contribution is 0.146. The summed E-state index contributed by atoms with van der Waals surface area (Å²) in [6, 6.07) is 18.7. The molecule has 0 aliphatic carbocycles. The van der Waals surface area contributed by atoms with Crippen LogP contribution >= 0.6 is 24.0 Å². The van der Waals surface area contributed by atoms with Crippen LogP contribution in [0.15, 0.2) is 59.6 Å². The molecule has 1 saturated heterocycles.